The third-order valence-corrected chi connectivity index (χ3v) is 10.7. The predicted octanol–water partition coefficient (Wildman–Crippen LogP) is 8.87. The Morgan fingerprint density at radius 1 is 0.659 bits per heavy atom. The molecule has 0 heterocycles. The number of nitrogens with one attached hydrogen (secondary N) is 2. The van der Waals surface area contributed by atoms with E-state index in [4.69, 9.17) is 0 Å². The summed E-state index contributed by atoms with van der Waals surface area (Å²) in [6, 6.07) is 40.2. The van der Waals surface area contributed by atoms with Gasteiger partial charge in [0, 0.05) is 22.4 Å². The maximum atomic E-state index is 13.9. The van der Waals surface area contributed by atoms with Crippen LogP contribution >= 0.6 is 23.5 Å². The summed E-state index contributed by atoms with van der Waals surface area (Å²) in [6.07, 6.45) is 2.67. The van der Waals surface area contributed by atoms with E-state index in [1.807, 2.05) is 109 Å². The number of benzene rings is 4. The van der Waals surface area contributed by atoms with Gasteiger partial charge in [-0.2, -0.15) is 0 Å². The summed E-state index contributed by atoms with van der Waals surface area (Å²) in [5, 5.41) is 6.07. The van der Waals surface area contributed by atoms with E-state index in [1.54, 1.807) is 23.5 Å². The Labute approximate surface area is 270 Å². The van der Waals surface area contributed by atoms with Crippen molar-refractivity contribution in [3.63, 3.8) is 0 Å². The lowest BCUT2D eigenvalue weighted by Crippen LogP contribution is -2.51. The predicted molar refractivity (Wildman–Crippen MR) is 184 cm³/mol. The van der Waals surface area contributed by atoms with Gasteiger partial charge in [-0.15, -0.1) is 23.5 Å². The molecule has 44 heavy (non-hydrogen) atoms. The maximum Gasteiger partial charge on any atom is 0.238 e. The molecule has 0 radical (unpaired) electrons. The first-order valence-electron chi connectivity index (χ1n) is 15.3. The van der Waals surface area contributed by atoms with E-state index in [0.29, 0.717) is 6.54 Å². The minimum Gasteiger partial charge on any atom is -0.354 e. The average molecular weight is 623 g/mol. The lowest BCUT2D eigenvalue weighted by atomic mass is 9.62. The number of carbonyl (C=O) groups is 2. The standard InChI is InChI=1S/C38H42N2O2S2/c1-37(2)24-30(40-36(42)34(29-18-10-5-11-19-29)44-32-22-14-7-15-23-32)25-38(3,26-37)27-39-35(41)33(28-16-8-4-9-17-28)43-31-20-12-6-13-21-31/h4-23,30,33-34H,24-27H2,1-3H3,(H,39,41)(H,40,42). The Bertz CT molecular complexity index is 1500. The number of amides is 2. The molecule has 6 heteroatoms. The van der Waals surface area contributed by atoms with Crippen LogP contribution in [-0.4, -0.2) is 24.4 Å². The van der Waals surface area contributed by atoms with E-state index < -0.39 is 0 Å². The van der Waals surface area contributed by atoms with Gasteiger partial charge in [0.1, 0.15) is 10.5 Å². The van der Waals surface area contributed by atoms with Crippen molar-refractivity contribution in [2.45, 2.75) is 66.4 Å². The van der Waals surface area contributed by atoms with Gasteiger partial charge in [-0.3, -0.25) is 9.59 Å². The number of carbonyl (C=O) groups excluding carboxylic acids is 2. The number of hydrogen-bond acceptors (Lipinski definition) is 4. The van der Waals surface area contributed by atoms with Gasteiger partial charge in [0.2, 0.25) is 11.8 Å². The molecule has 0 bridgehead atoms. The molecule has 228 valence electrons. The van der Waals surface area contributed by atoms with Crippen molar-refractivity contribution in [2.24, 2.45) is 10.8 Å². The summed E-state index contributed by atoms with van der Waals surface area (Å²) in [7, 11) is 0. The maximum absolute atomic E-state index is 13.9. The van der Waals surface area contributed by atoms with Crippen molar-refractivity contribution in [2.75, 3.05) is 6.54 Å². The minimum absolute atomic E-state index is 0.0126. The molecule has 0 saturated heterocycles. The zero-order valence-corrected chi connectivity index (χ0v) is 27.4. The van der Waals surface area contributed by atoms with Gasteiger partial charge in [0.05, 0.1) is 0 Å². The molecular weight excluding hydrogens is 581 g/mol. The molecule has 2 N–H and O–H groups in total. The van der Waals surface area contributed by atoms with E-state index >= 15 is 0 Å². The second-order valence-electron chi connectivity index (χ2n) is 12.9. The quantitative estimate of drug-likeness (QED) is 0.164. The average Bonchev–Trinajstić information content (AvgIpc) is 3.02. The molecule has 4 nitrogen and oxygen atoms in total. The highest BCUT2D eigenvalue weighted by Crippen LogP contribution is 2.46. The van der Waals surface area contributed by atoms with Crippen molar-refractivity contribution in [1.82, 2.24) is 10.6 Å². The van der Waals surface area contributed by atoms with Crippen LogP contribution in [0.4, 0.5) is 0 Å². The van der Waals surface area contributed by atoms with Gasteiger partial charge in [-0.05, 0) is 65.5 Å². The van der Waals surface area contributed by atoms with E-state index in [0.717, 1.165) is 40.2 Å². The fraction of sp³-hybridized carbons (Fsp3) is 0.316. The summed E-state index contributed by atoms with van der Waals surface area (Å²) in [4.78, 5) is 29.8. The highest BCUT2D eigenvalue weighted by molar-refractivity contribution is 8.00. The van der Waals surface area contributed by atoms with Crippen LogP contribution in [0, 0.1) is 10.8 Å². The molecular formula is C38H42N2O2S2. The molecule has 4 atom stereocenters. The minimum atomic E-state index is -0.351. The zero-order chi connectivity index (χ0) is 31.0. The van der Waals surface area contributed by atoms with Crippen LogP contribution in [0.25, 0.3) is 0 Å². The van der Waals surface area contributed by atoms with Crippen LogP contribution in [0.2, 0.25) is 0 Å². The van der Waals surface area contributed by atoms with Crippen LogP contribution in [0.15, 0.2) is 131 Å². The smallest absolute Gasteiger partial charge is 0.238 e. The first-order valence-corrected chi connectivity index (χ1v) is 17.1. The fourth-order valence-corrected chi connectivity index (χ4v) is 8.74. The summed E-state index contributed by atoms with van der Waals surface area (Å²) >= 11 is 3.16. The topological polar surface area (TPSA) is 58.2 Å². The largest absolute Gasteiger partial charge is 0.354 e. The van der Waals surface area contributed by atoms with Crippen LogP contribution in [-0.2, 0) is 9.59 Å². The van der Waals surface area contributed by atoms with E-state index in [1.165, 1.54) is 0 Å². The molecule has 1 saturated carbocycles. The molecule has 1 aliphatic rings. The van der Waals surface area contributed by atoms with Gasteiger partial charge in [0.25, 0.3) is 0 Å². The Kier molecular flexibility index (Phi) is 10.5. The second kappa shape index (κ2) is 14.5. The van der Waals surface area contributed by atoms with E-state index in [9.17, 15) is 9.59 Å². The Hall–Kier alpha value is -3.48. The highest BCUT2D eigenvalue weighted by Gasteiger charge is 2.42. The van der Waals surface area contributed by atoms with Gasteiger partial charge < -0.3 is 10.6 Å². The number of hydrogen-bond donors (Lipinski definition) is 2. The SMILES string of the molecule is CC1(C)CC(NC(=O)C(Sc2ccccc2)c2ccccc2)CC(C)(CNC(=O)C(Sc2ccccc2)c2ccccc2)C1. The second-order valence-corrected chi connectivity index (χ2v) is 15.3. The third-order valence-electron chi connectivity index (χ3n) is 8.15. The van der Waals surface area contributed by atoms with Crippen LogP contribution < -0.4 is 10.6 Å². The Morgan fingerprint density at radius 3 is 1.57 bits per heavy atom. The van der Waals surface area contributed by atoms with Crippen LogP contribution in [0.5, 0.6) is 0 Å². The molecule has 0 aliphatic heterocycles. The van der Waals surface area contributed by atoms with Crippen molar-refractivity contribution in [3.8, 4) is 0 Å². The van der Waals surface area contributed by atoms with Gasteiger partial charge in [0.15, 0.2) is 0 Å². The van der Waals surface area contributed by atoms with Gasteiger partial charge in [-0.25, -0.2) is 0 Å². The molecule has 5 rings (SSSR count). The van der Waals surface area contributed by atoms with E-state index in [2.05, 4.69) is 43.5 Å². The number of rotatable bonds is 11. The van der Waals surface area contributed by atoms with Crippen molar-refractivity contribution in [3.05, 3.63) is 132 Å². The summed E-state index contributed by atoms with van der Waals surface area (Å²) < 4.78 is 0. The molecule has 4 unspecified atom stereocenters. The fourth-order valence-electron chi connectivity index (χ4n) is 6.61. The van der Waals surface area contributed by atoms with E-state index in [-0.39, 0.29) is 39.2 Å². The Morgan fingerprint density at radius 2 is 1.09 bits per heavy atom. The van der Waals surface area contributed by atoms with Crippen molar-refractivity contribution in [1.29, 1.82) is 0 Å². The molecule has 4 aromatic carbocycles. The number of thioether (sulfide) groups is 2. The van der Waals surface area contributed by atoms with Crippen molar-refractivity contribution >= 4 is 35.3 Å². The summed E-state index contributed by atoms with van der Waals surface area (Å²) in [5.74, 6) is 0.0428. The Balaban J connectivity index is 1.29. The first kappa shape index (κ1) is 31.9. The highest BCUT2D eigenvalue weighted by atomic mass is 32.2. The van der Waals surface area contributed by atoms with Crippen LogP contribution in [0.1, 0.15) is 61.7 Å². The van der Waals surface area contributed by atoms with Gasteiger partial charge in [-0.1, -0.05) is 118 Å². The molecule has 0 spiro atoms. The normalized spacial score (nSPS) is 20.7. The first-order chi connectivity index (χ1) is 21.2. The molecule has 4 aromatic rings. The molecule has 1 aliphatic carbocycles. The van der Waals surface area contributed by atoms with Crippen molar-refractivity contribution < 1.29 is 9.59 Å². The zero-order valence-electron chi connectivity index (χ0n) is 25.7. The lowest BCUT2D eigenvalue weighted by Gasteiger charge is -2.47. The lowest BCUT2D eigenvalue weighted by molar-refractivity contribution is -0.123. The third kappa shape index (κ3) is 8.80. The molecule has 0 aromatic heterocycles. The summed E-state index contributed by atoms with van der Waals surface area (Å²) in [5.41, 5.74) is 1.83. The molecule has 1 fully saturated rings. The van der Waals surface area contributed by atoms with Gasteiger partial charge >= 0.3 is 0 Å². The molecule has 2 amide bonds. The van der Waals surface area contributed by atoms with Crippen LogP contribution in [0.3, 0.4) is 0 Å². The monoisotopic (exact) mass is 622 g/mol. The summed E-state index contributed by atoms with van der Waals surface area (Å²) in [6.45, 7) is 7.36.